The second-order valence-corrected chi connectivity index (χ2v) is 7.18. The van der Waals surface area contributed by atoms with E-state index in [1.165, 1.54) is 11.3 Å². The summed E-state index contributed by atoms with van der Waals surface area (Å²) < 4.78 is 1.93. The number of carboxylic acid groups (broad SMARTS) is 1. The fourth-order valence-corrected chi connectivity index (χ4v) is 3.90. The van der Waals surface area contributed by atoms with Gasteiger partial charge in [-0.2, -0.15) is 0 Å². The van der Waals surface area contributed by atoms with E-state index >= 15 is 0 Å². The van der Waals surface area contributed by atoms with Gasteiger partial charge in [-0.25, -0.2) is 19.7 Å². The van der Waals surface area contributed by atoms with Gasteiger partial charge in [0.05, 0.1) is 6.33 Å². The van der Waals surface area contributed by atoms with Gasteiger partial charge in [0.2, 0.25) is 0 Å². The Morgan fingerprint density at radius 1 is 1.36 bits per heavy atom. The van der Waals surface area contributed by atoms with Crippen molar-refractivity contribution in [3.05, 3.63) is 42.2 Å². The van der Waals surface area contributed by atoms with Crippen molar-refractivity contribution in [3.8, 4) is 10.6 Å². The van der Waals surface area contributed by atoms with Gasteiger partial charge in [0, 0.05) is 31.8 Å². The highest BCUT2D eigenvalue weighted by Gasteiger charge is 2.17. The molecule has 0 saturated carbocycles. The molecule has 1 aromatic carbocycles. The minimum atomic E-state index is -0.981. The average molecular weight is 394 g/mol. The van der Waals surface area contributed by atoms with E-state index in [-0.39, 0.29) is 0 Å². The molecule has 9 heteroatoms. The molecule has 0 radical (unpaired) electrons. The van der Waals surface area contributed by atoms with Crippen LogP contribution in [0.3, 0.4) is 0 Å². The second-order valence-electron chi connectivity index (χ2n) is 6.20. The van der Waals surface area contributed by atoms with Crippen molar-refractivity contribution < 1.29 is 9.90 Å². The number of hydrogen-bond acceptors (Lipinski definition) is 7. The molecule has 0 spiro atoms. The lowest BCUT2D eigenvalue weighted by molar-refractivity contribution is -0.131. The minimum absolute atomic E-state index is 0.499. The molecule has 0 saturated heterocycles. The van der Waals surface area contributed by atoms with Gasteiger partial charge < -0.3 is 20.7 Å². The van der Waals surface area contributed by atoms with Gasteiger partial charge in [-0.05, 0) is 17.7 Å². The number of hydrogen-bond donors (Lipinski definition) is 3. The predicted octanol–water partition coefficient (Wildman–Crippen LogP) is 2.71. The fraction of sp³-hybridized carbons (Fsp3) is 0.158. The second kappa shape index (κ2) is 7.37. The first kappa shape index (κ1) is 18.1. The molecule has 0 unspecified atom stereocenters. The van der Waals surface area contributed by atoms with Crippen molar-refractivity contribution in [1.82, 2.24) is 19.5 Å². The zero-order valence-electron chi connectivity index (χ0n) is 15.1. The van der Waals surface area contributed by atoms with Crippen LogP contribution in [0.5, 0.6) is 0 Å². The molecule has 4 aromatic rings. The number of imidazole rings is 1. The molecule has 3 heterocycles. The topological polar surface area (TPSA) is 119 Å². The lowest BCUT2D eigenvalue weighted by Gasteiger charge is -2.05. The molecule has 0 atom stereocenters. The summed E-state index contributed by atoms with van der Waals surface area (Å²) in [4.78, 5) is 25.5. The number of aromatic nitrogens is 4. The highest BCUT2D eigenvalue weighted by molar-refractivity contribution is 7.21. The van der Waals surface area contributed by atoms with Gasteiger partial charge in [-0.3, -0.25) is 0 Å². The highest BCUT2D eigenvalue weighted by atomic mass is 32.1. The molecule has 4 N–H and O–H groups in total. The number of nitrogens with one attached hydrogen (secondary N) is 1. The smallest absolute Gasteiger partial charge is 0.328 e. The largest absolute Gasteiger partial charge is 0.478 e. The van der Waals surface area contributed by atoms with E-state index in [0.717, 1.165) is 43.6 Å². The maximum atomic E-state index is 10.8. The van der Waals surface area contributed by atoms with Crippen LogP contribution in [0.2, 0.25) is 0 Å². The number of nitrogens with two attached hydrogens (primary N) is 1. The number of nitrogens with zero attached hydrogens (tertiary/aromatic N) is 4. The van der Waals surface area contributed by atoms with E-state index in [9.17, 15) is 4.79 Å². The third-order valence-corrected chi connectivity index (χ3v) is 5.20. The first-order valence-corrected chi connectivity index (χ1v) is 9.45. The van der Waals surface area contributed by atoms with Crippen molar-refractivity contribution in [2.75, 3.05) is 18.4 Å². The first-order chi connectivity index (χ1) is 13.6. The highest BCUT2D eigenvalue weighted by Crippen LogP contribution is 2.35. The number of fused-ring (bicyclic) bond motifs is 3. The Morgan fingerprint density at radius 3 is 3.00 bits per heavy atom. The number of carbonyl (C=O) groups is 1. The summed E-state index contributed by atoms with van der Waals surface area (Å²) in [5, 5.41) is 12.9. The van der Waals surface area contributed by atoms with E-state index in [0.29, 0.717) is 18.9 Å². The number of rotatable bonds is 6. The van der Waals surface area contributed by atoms with E-state index in [1.807, 2.05) is 35.9 Å². The Kier molecular flexibility index (Phi) is 4.76. The Hall–Kier alpha value is -3.30. The van der Waals surface area contributed by atoms with Crippen LogP contribution in [0.1, 0.15) is 5.56 Å². The van der Waals surface area contributed by atoms with Crippen LogP contribution in [0.4, 0.5) is 5.82 Å². The third-order valence-electron chi connectivity index (χ3n) is 4.20. The summed E-state index contributed by atoms with van der Waals surface area (Å²) in [6.45, 7) is 1.10. The van der Waals surface area contributed by atoms with E-state index < -0.39 is 5.97 Å². The minimum Gasteiger partial charge on any atom is -0.478 e. The average Bonchev–Trinajstić information content (AvgIpc) is 3.28. The molecule has 4 rings (SSSR count). The van der Waals surface area contributed by atoms with Crippen LogP contribution in [-0.2, 0) is 11.8 Å². The van der Waals surface area contributed by atoms with E-state index in [4.69, 9.17) is 20.8 Å². The van der Waals surface area contributed by atoms with Crippen LogP contribution < -0.4 is 11.1 Å². The van der Waals surface area contributed by atoms with Crippen molar-refractivity contribution in [2.24, 2.45) is 12.8 Å². The maximum Gasteiger partial charge on any atom is 0.328 e. The maximum absolute atomic E-state index is 10.8. The summed E-state index contributed by atoms with van der Waals surface area (Å²) in [5.41, 5.74) is 9.77. The number of anilines is 1. The van der Waals surface area contributed by atoms with Gasteiger partial charge >= 0.3 is 5.97 Å². The van der Waals surface area contributed by atoms with Crippen molar-refractivity contribution in [1.29, 1.82) is 0 Å². The van der Waals surface area contributed by atoms with Gasteiger partial charge in [0.15, 0.2) is 5.82 Å². The fourth-order valence-electron chi connectivity index (χ4n) is 2.96. The number of aryl methyl sites for hydroxylation is 1. The standard InChI is InChI=1S/C19H18N6O2S/c1-25-10-22-14-16(25)15-19(24-17(14)21-8-7-20)28-18(23-15)12-4-2-3-11(9-12)5-6-13(26)27/h2-6,9-10H,7-8,20H2,1H3,(H,21,24)(H,26,27). The van der Waals surface area contributed by atoms with Crippen LogP contribution in [0.15, 0.2) is 36.7 Å². The molecule has 142 valence electrons. The summed E-state index contributed by atoms with van der Waals surface area (Å²) >= 11 is 1.48. The third kappa shape index (κ3) is 3.32. The van der Waals surface area contributed by atoms with Crippen LogP contribution in [0, 0.1) is 0 Å². The molecule has 0 bridgehead atoms. The zero-order valence-corrected chi connectivity index (χ0v) is 15.9. The van der Waals surface area contributed by atoms with E-state index in [2.05, 4.69) is 10.3 Å². The summed E-state index contributed by atoms with van der Waals surface area (Å²) in [6, 6.07) is 7.59. The molecule has 3 aromatic heterocycles. The molecule has 0 aliphatic rings. The predicted molar refractivity (Wildman–Crippen MR) is 111 cm³/mol. The zero-order chi connectivity index (χ0) is 19.7. The van der Waals surface area contributed by atoms with Crippen LogP contribution >= 0.6 is 11.3 Å². The summed E-state index contributed by atoms with van der Waals surface area (Å²) in [6.07, 6.45) is 4.43. The Morgan fingerprint density at radius 2 is 2.21 bits per heavy atom. The molecular formula is C19H18N6O2S. The SMILES string of the molecule is Cn1cnc2c(NCCN)nc3sc(-c4cccc(C=CC(=O)O)c4)nc3c21. The molecule has 8 nitrogen and oxygen atoms in total. The monoisotopic (exact) mass is 394 g/mol. The van der Waals surface area contributed by atoms with Gasteiger partial charge in [0.1, 0.15) is 26.4 Å². The Balaban J connectivity index is 1.84. The van der Waals surface area contributed by atoms with E-state index in [1.54, 1.807) is 12.4 Å². The molecule has 0 aliphatic carbocycles. The van der Waals surface area contributed by atoms with Crippen LogP contribution in [0.25, 0.3) is 38.0 Å². The molecule has 0 fully saturated rings. The molecule has 0 aliphatic heterocycles. The summed E-state index contributed by atoms with van der Waals surface area (Å²) in [5.74, 6) is -0.285. The number of thiazole rings is 1. The number of pyridine rings is 1. The first-order valence-electron chi connectivity index (χ1n) is 8.64. The molecule has 0 amide bonds. The lowest BCUT2D eigenvalue weighted by Crippen LogP contribution is -2.14. The van der Waals surface area contributed by atoms with Crippen molar-refractivity contribution >= 4 is 50.6 Å². The van der Waals surface area contributed by atoms with Gasteiger partial charge in [-0.15, -0.1) is 0 Å². The van der Waals surface area contributed by atoms with Crippen LogP contribution in [-0.4, -0.2) is 43.7 Å². The normalized spacial score (nSPS) is 11.6. The van der Waals surface area contributed by atoms with Gasteiger partial charge in [-0.1, -0.05) is 29.5 Å². The lowest BCUT2D eigenvalue weighted by atomic mass is 10.1. The molecular weight excluding hydrogens is 376 g/mol. The van der Waals surface area contributed by atoms with Crippen molar-refractivity contribution in [2.45, 2.75) is 0 Å². The van der Waals surface area contributed by atoms with Crippen molar-refractivity contribution in [3.63, 3.8) is 0 Å². The quantitative estimate of drug-likeness (QED) is 0.430. The number of carboxylic acids is 1. The van der Waals surface area contributed by atoms with Gasteiger partial charge in [0.25, 0.3) is 0 Å². The number of benzene rings is 1. The Bertz CT molecular complexity index is 1210. The summed E-state index contributed by atoms with van der Waals surface area (Å²) in [7, 11) is 1.93. The number of aliphatic carboxylic acids is 1. The Labute approximate surface area is 164 Å². The molecule has 28 heavy (non-hydrogen) atoms.